The minimum Gasteiger partial charge on any atom is -0.267 e. The molecule has 0 fully saturated rings. The van der Waals surface area contributed by atoms with E-state index in [-0.39, 0.29) is 11.3 Å². The molecule has 144 valence electrons. The highest BCUT2D eigenvalue weighted by Crippen LogP contribution is 2.25. The van der Waals surface area contributed by atoms with E-state index in [1.807, 2.05) is 47.8 Å². The van der Waals surface area contributed by atoms with Crippen LogP contribution in [0.4, 0.5) is 4.39 Å². The topological polar surface area (TPSA) is 76.0 Å². The first-order valence-corrected chi connectivity index (χ1v) is 9.55. The molecule has 2 amide bonds. The maximum Gasteiger partial charge on any atom is 0.288 e. The zero-order chi connectivity index (χ0) is 20.2. The smallest absolute Gasteiger partial charge is 0.267 e. The fourth-order valence-corrected chi connectivity index (χ4v) is 3.39. The van der Waals surface area contributed by atoms with Gasteiger partial charge in [0.1, 0.15) is 17.2 Å². The van der Waals surface area contributed by atoms with Crippen LogP contribution in [0.2, 0.25) is 0 Å². The summed E-state index contributed by atoms with van der Waals surface area (Å²) in [4.78, 5) is 25.9. The van der Waals surface area contributed by atoms with Gasteiger partial charge in [-0.15, -0.1) is 11.3 Å². The lowest BCUT2D eigenvalue weighted by molar-refractivity contribution is 0.0842. The van der Waals surface area contributed by atoms with Crippen LogP contribution < -0.4 is 10.9 Å². The van der Waals surface area contributed by atoms with Crippen LogP contribution in [0, 0.1) is 5.82 Å². The van der Waals surface area contributed by atoms with Crippen LogP contribution in [0.3, 0.4) is 0 Å². The lowest BCUT2D eigenvalue weighted by atomic mass is 10.2. The van der Waals surface area contributed by atoms with E-state index >= 15 is 0 Å². The molecule has 4 aromatic rings. The molecule has 0 spiro atoms. The SMILES string of the molecule is O=C(NNC(=O)c1cc(-c2cccs2)nn1-c1ccccc1)c1ccc(F)cc1. The lowest BCUT2D eigenvalue weighted by Gasteiger charge is -2.09. The van der Waals surface area contributed by atoms with Gasteiger partial charge in [-0.2, -0.15) is 5.10 Å². The Hall–Kier alpha value is -3.78. The van der Waals surface area contributed by atoms with Crippen LogP contribution in [-0.4, -0.2) is 21.6 Å². The Morgan fingerprint density at radius 2 is 1.62 bits per heavy atom. The molecule has 8 heteroatoms. The van der Waals surface area contributed by atoms with Crippen LogP contribution >= 0.6 is 11.3 Å². The summed E-state index contributed by atoms with van der Waals surface area (Å²) in [5, 5.41) is 6.48. The number of hydrazine groups is 1. The van der Waals surface area contributed by atoms with E-state index in [9.17, 15) is 14.0 Å². The van der Waals surface area contributed by atoms with Crippen molar-refractivity contribution in [3.63, 3.8) is 0 Å². The first kappa shape index (κ1) is 18.6. The van der Waals surface area contributed by atoms with Gasteiger partial charge in [-0.3, -0.25) is 20.4 Å². The number of aromatic nitrogens is 2. The second-order valence-electron chi connectivity index (χ2n) is 6.05. The third-order valence-corrected chi connectivity index (χ3v) is 5.00. The molecule has 0 aliphatic rings. The first-order chi connectivity index (χ1) is 14.1. The Morgan fingerprint density at radius 1 is 0.897 bits per heavy atom. The van der Waals surface area contributed by atoms with Crippen molar-refractivity contribution in [3.8, 4) is 16.3 Å². The van der Waals surface area contributed by atoms with Gasteiger partial charge < -0.3 is 0 Å². The van der Waals surface area contributed by atoms with Gasteiger partial charge in [-0.25, -0.2) is 9.07 Å². The molecule has 0 atom stereocenters. The Balaban J connectivity index is 1.58. The van der Waals surface area contributed by atoms with E-state index in [0.29, 0.717) is 11.4 Å². The predicted octanol–water partition coefficient (Wildman–Crippen LogP) is 3.81. The fraction of sp³-hybridized carbons (Fsp3) is 0. The molecule has 2 N–H and O–H groups in total. The van der Waals surface area contributed by atoms with E-state index in [1.54, 1.807) is 6.07 Å². The van der Waals surface area contributed by atoms with E-state index in [2.05, 4.69) is 16.0 Å². The van der Waals surface area contributed by atoms with Crippen LogP contribution in [0.25, 0.3) is 16.3 Å². The minimum absolute atomic E-state index is 0.225. The summed E-state index contributed by atoms with van der Waals surface area (Å²) < 4.78 is 14.5. The molecule has 0 radical (unpaired) electrons. The molecule has 29 heavy (non-hydrogen) atoms. The maximum absolute atomic E-state index is 13.0. The average Bonchev–Trinajstić information content (AvgIpc) is 3.43. The molecule has 2 aromatic heterocycles. The third-order valence-electron chi connectivity index (χ3n) is 4.11. The van der Waals surface area contributed by atoms with Crippen molar-refractivity contribution in [1.29, 1.82) is 0 Å². The van der Waals surface area contributed by atoms with E-state index in [0.717, 1.165) is 4.88 Å². The number of hydrogen-bond donors (Lipinski definition) is 2. The van der Waals surface area contributed by atoms with E-state index in [4.69, 9.17) is 0 Å². The number of nitrogens with zero attached hydrogens (tertiary/aromatic N) is 2. The van der Waals surface area contributed by atoms with Crippen molar-refractivity contribution in [2.45, 2.75) is 0 Å². The van der Waals surface area contributed by atoms with Crippen LogP contribution in [-0.2, 0) is 0 Å². The van der Waals surface area contributed by atoms with Crippen molar-refractivity contribution >= 4 is 23.2 Å². The van der Waals surface area contributed by atoms with Gasteiger partial charge in [0.05, 0.1) is 10.6 Å². The van der Waals surface area contributed by atoms with Gasteiger partial charge in [0.2, 0.25) is 0 Å². The minimum atomic E-state index is -0.553. The first-order valence-electron chi connectivity index (χ1n) is 8.67. The summed E-state index contributed by atoms with van der Waals surface area (Å²) in [6, 6.07) is 19.7. The summed E-state index contributed by atoms with van der Waals surface area (Å²) in [5.74, 6) is -1.53. The quantitative estimate of drug-likeness (QED) is 0.506. The van der Waals surface area contributed by atoms with Gasteiger partial charge >= 0.3 is 0 Å². The molecule has 0 aliphatic carbocycles. The summed E-state index contributed by atoms with van der Waals surface area (Å²) in [7, 11) is 0. The lowest BCUT2D eigenvalue weighted by Crippen LogP contribution is -2.42. The van der Waals surface area contributed by atoms with Crippen LogP contribution in [0.15, 0.2) is 78.2 Å². The number of hydrogen-bond acceptors (Lipinski definition) is 4. The second-order valence-corrected chi connectivity index (χ2v) is 7.00. The number of amides is 2. The van der Waals surface area contributed by atoms with Crippen molar-refractivity contribution in [2.24, 2.45) is 0 Å². The van der Waals surface area contributed by atoms with E-state index < -0.39 is 17.6 Å². The third kappa shape index (κ3) is 4.07. The molecular formula is C21H15FN4O2S. The van der Waals surface area contributed by atoms with Crippen LogP contribution in [0.1, 0.15) is 20.8 Å². The molecule has 6 nitrogen and oxygen atoms in total. The summed E-state index contributed by atoms with van der Waals surface area (Å²) in [6.45, 7) is 0. The van der Waals surface area contributed by atoms with Gasteiger partial charge in [0, 0.05) is 5.56 Å². The Morgan fingerprint density at radius 3 is 2.31 bits per heavy atom. The van der Waals surface area contributed by atoms with Gasteiger partial charge in [-0.1, -0.05) is 24.3 Å². The fourth-order valence-electron chi connectivity index (χ4n) is 2.70. The molecule has 0 aliphatic heterocycles. The van der Waals surface area contributed by atoms with Crippen LogP contribution in [0.5, 0.6) is 0 Å². The van der Waals surface area contributed by atoms with Crippen molar-refractivity contribution in [3.05, 3.63) is 95.3 Å². The number of halogens is 1. The molecular weight excluding hydrogens is 391 g/mol. The monoisotopic (exact) mass is 406 g/mol. The molecule has 0 saturated carbocycles. The molecule has 0 bridgehead atoms. The number of para-hydroxylation sites is 1. The summed E-state index contributed by atoms with van der Waals surface area (Å²) in [5.41, 5.74) is 6.58. The molecule has 0 unspecified atom stereocenters. The predicted molar refractivity (Wildman–Crippen MR) is 108 cm³/mol. The molecule has 4 rings (SSSR count). The standard InChI is InChI=1S/C21H15FN4O2S/c22-15-10-8-14(9-11-15)20(27)23-24-21(28)18-13-17(19-7-4-12-29-19)25-26(18)16-5-2-1-3-6-16/h1-13H,(H,23,27)(H,24,28). The average molecular weight is 406 g/mol. The van der Waals surface area contributed by atoms with E-state index in [1.165, 1.54) is 40.3 Å². The van der Waals surface area contributed by atoms with Gasteiger partial charge in [0.15, 0.2) is 0 Å². The zero-order valence-corrected chi connectivity index (χ0v) is 15.8. The highest BCUT2D eigenvalue weighted by Gasteiger charge is 2.19. The number of nitrogens with one attached hydrogen (secondary N) is 2. The number of carbonyl (C=O) groups excluding carboxylic acids is 2. The molecule has 2 aromatic carbocycles. The summed E-state index contributed by atoms with van der Waals surface area (Å²) in [6.07, 6.45) is 0. The highest BCUT2D eigenvalue weighted by molar-refractivity contribution is 7.13. The maximum atomic E-state index is 13.0. The van der Waals surface area contributed by atoms with Gasteiger partial charge in [0.25, 0.3) is 11.8 Å². The Kier molecular flexibility index (Phi) is 5.17. The number of carbonyl (C=O) groups is 2. The number of benzene rings is 2. The number of rotatable bonds is 4. The highest BCUT2D eigenvalue weighted by atomic mass is 32.1. The second kappa shape index (κ2) is 8.07. The normalized spacial score (nSPS) is 10.5. The van der Waals surface area contributed by atoms with Crippen molar-refractivity contribution < 1.29 is 14.0 Å². The largest absolute Gasteiger partial charge is 0.288 e. The zero-order valence-electron chi connectivity index (χ0n) is 15.0. The Bertz CT molecular complexity index is 1140. The molecule has 0 saturated heterocycles. The Labute approximate surface area is 169 Å². The van der Waals surface area contributed by atoms with Gasteiger partial charge in [-0.05, 0) is 53.9 Å². The summed E-state index contributed by atoms with van der Waals surface area (Å²) >= 11 is 1.51. The van der Waals surface area contributed by atoms with Crippen molar-refractivity contribution in [1.82, 2.24) is 20.6 Å². The molecule has 2 heterocycles. The van der Waals surface area contributed by atoms with Crippen molar-refractivity contribution in [2.75, 3.05) is 0 Å². The number of thiophene rings is 1.